The van der Waals surface area contributed by atoms with Crippen LogP contribution in [0.25, 0.3) is 0 Å². The van der Waals surface area contributed by atoms with Gasteiger partial charge in [-0.3, -0.25) is 0 Å². The Morgan fingerprint density at radius 3 is 2.56 bits per heavy atom. The Morgan fingerprint density at radius 2 is 1.94 bits per heavy atom. The van der Waals surface area contributed by atoms with Gasteiger partial charge in [-0.1, -0.05) is 6.08 Å². The lowest BCUT2D eigenvalue weighted by atomic mass is 10.0. The molecular weight excluding hydrogens is 212 g/mol. The predicted octanol–water partition coefficient (Wildman–Crippen LogP) is -0.203. The largest absolute Gasteiger partial charge is 0.388 e. The van der Waals surface area contributed by atoms with E-state index >= 15 is 0 Å². The molecule has 1 aliphatic rings. The molecule has 0 bridgehead atoms. The van der Waals surface area contributed by atoms with Gasteiger partial charge < -0.3 is 24.8 Å². The van der Waals surface area contributed by atoms with E-state index in [0.717, 1.165) is 12.8 Å². The molecule has 1 rings (SSSR count). The van der Waals surface area contributed by atoms with Gasteiger partial charge >= 0.3 is 0 Å². The standard InChI is InChI=1S/C11H20O5/c1-3-4-5-6-15-11-10(14)9(13)8(12)7(2)16-11/h3,7-14H,1,4-6H2,2H3/t7-,8+,9+,10-,11+/m1/s1. The van der Waals surface area contributed by atoms with Crippen molar-refractivity contribution < 1.29 is 24.8 Å². The topological polar surface area (TPSA) is 79.2 Å². The molecule has 16 heavy (non-hydrogen) atoms. The maximum atomic E-state index is 9.60. The lowest BCUT2D eigenvalue weighted by Gasteiger charge is -2.38. The maximum absolute atomic E-state index is 9.60. The van der Waals surface area contributed by atoms with Crippen LogP contribution in [-0.2, 0) is 9.47 Å². The van der Waals surface area contributed by atoms with Crippen LogP contribution in [0.3, 0.4) is 0 Å². The first-order valence-electron chi connectivity index (χ1n) is 5.50. The monoisotopic (exact) mass is 232 g/mol. The lowest BCUT2D eigenvalue weighted by molar-refractivity contribution is -0.293. The van der Waals surface area contributed by atoms with Crippen molar-refractivity contribution in [2.24, 2.45) is 0 Å². The SMILES string of the molecule is C=CCCCO[C@H]1O[C@H](C)[C@H](O)[C@H](O)[C@H]1O. The highest BCUT2D eigenvalue weighted by Gasteiger charge is 2.42. The van der Waals surface area contributed by atoms with E-state index in [1.165, 1.54) is 0 Å². The van der Waals surface area contributed by atoms with E-state index < -0.39 is 30.7 Å². The molecule has 0 saturated carbocycles. The Labute approximate surface area is 95.3 Å². The molecule has 0 radical (unpaired) electrons. The van der Waals surface area contributed by atoms with E-state index in [1.807, 2.05) is 0 Å². The first-order chi connectivity index (χ1) is 7.57. The molecule has 0 spiro atoms. The molecule has 0 aromatic carbocycles. The van der Waals surface area contributed by atoms with Crippen LogP contribution >= 0.6 is 0 Å². The highest BCUT2D eigenvalue weighted by Crippen LogP contribution is 2.21. The molecule has 0 aromatic rings. The van der Waals surface area contributed by atoms with Crippen molar-refractivity contribution in [3.8, 4) is 0 Å². The van der Waals surface area contributed by atoms with E-state index in [9.17, 15) is 15.3 Å². The fraction of sp³-hybridized carbons (Fsp3) is 0.818. The van der Waals surface area contributed by atoms with E-state index in [-0.39, 0.29) is 0 Å². The Morgan fingerprint density at radius 1 is 1.25 bits per heavy atom. The molecular formula is C11H20O5. The van der Waals surface area contributed by atoms with Crippen LogP contribution in [0.5, 0.6) is 0 Å². The fourth-order valence-corrected chi connectivity index (χ4v) is 1.58. The number of allylic oxidation sites excluding steroid dienone is 1. The summed E-state index contributed by atoms with van der Waals surface area (Å²) in [4.78, 5) is 0. The summed E-state index contributed by atoms with van der Waals surface area (Å²) in [5.41, 5.74) is 0. The van der Waals surface area contributed by atoms with Crippen LogP contribution < -0.4 is 0 Å². The third-order valence-electron chi connectivity index (χ3n) is 2.64. The van der Waals surface area contributed by atoms with Crippen molar-refractivity contribution in [2.75, 3.05) is 6.61 Å². The van der Waals surface area contributed by atoms with Gasteiger partial charge in [-0.05, 0) is 19.8 Å². The lowest BCUT2D eigenvalue weighted by Crippen LogP contribution is -2.57. The van der Waals surface area contributed by atoms with Gasteiger partial charge in [-0.2, -0.15) is 0 Å². The molecule has 0 aliphatic carbocycles. The molecule has 0 amide bonds. The van der Waals surface area contributed by atoms with Gasteiger partial charge in [0.15, 0.2) is 6.29 Å². The molecule has 1 saturated heterocycles. The number of aliphatic hydroxyl groups excluding tert-OH is 3. The zero-order valence-electron chi connectivity index (χ0n) is 9.45. The van der Waals surface area contributed by atoms with Gasteiger partial charge in [0, 0.05) is 0 Å². The number of ether oxygens (including phenoxy) is 2. The Hall–Kier alpha value is -0.460. The van der Waals surface area contributed by atoms with E-state index in [2.05, 4.69) is 6.58 Å². The highest BCUT2D eigenvalue weighted by molar-refractivity contribution is 4.87. The second-order valence-electron chi connectivity index (χ2n) is 3.98. The zero-order chi connectivity index (χ0) is 12.1. The normalized spacial score (nSPS) is 39.6. The number of unbranched alkanes of at least 4 members (excludes halogenated alkanes) is 1. The molecule has 0 unspecified atom stereocenters. The van der Waals surface area contributed by atoms with E-state index in [4.69, 9.17) is 9.47 Å². The van der Waals surface area contributed by atoms with Crippen LogP contribution in [0.4, 0.5) is 0 Å². The second kappa shape index (κ2) is 6.32. The van der Waals surface area contributed by atoms with Crippen molar-refractivity contribution in [3.63, 3.8) is 0 Å². The average molecular weight is 232 g/mol. The number of hydrogen-bond acceptors (Lipinski definition) is 5. The van der Waals surface area contributed by atoms with E-state index in [0.29, 0.717) is 6.61 Å². The molecule has 5 atom stereocenters. The van der Waals surface area contributed by atoms with Gasteiger partial charge in [-0.15, -0.1) is 6.58 Å². The van der Waals surface area contributed by atoms with Crippen molar-refractivity contribution in [1.82, 2.24) is 0 Å². The van der Waals surface area contributed by atoms with Gasteiger partial charge in [-0.25, -0.2) is 0 Å². The smallest absolute Gasteiger partial charge is 0.186 e. The summed E-state index contributed by atoms with van der Waals surface area (Å²) in [6.07, 6.45) is -1.57. The van der Waals surface area contributed by atoms with Gasteiger partial charge in [0.1, 0.15) is 18.3 Å². The van der Waals surface area contributed by atoms with Crippen LogP contribution in [0.15, 0.2) is 12.7 Å². The van der Waals surface area contributed by atoms with Crippen LogP contribution in [0.2, 0.25) is 0 Å². The van der Waals surface area contributed by atoms with Gasteiger partial charge in [0.25, 0.3) is 0 Å². The van der Waals surface area contributed by atoms with Gasteiger partial charge in [0.05, 0.1) is 12.7 Å². The Bertz CT molecular complexity index is 220. The molecule has 5 nitrogen and oxygen atoms in total. The minimum absolute atomic E-state index is 0.420. The summed E-state index contributed by atoms with van der Waals surface area (Å²) in [5.74, 6) is 0. The zero-order valence-corrected chi connectivity index (χ0v) is 9.45. The Balaban J connectivity index is 2.38. The molecule has 0 aromatic heterocycles. The van der Waals surface area contributed by atoms with Crippen molar-refractivity contribution in [1.29, 1.82) is 0 Å². The Kier molecular flexibility index (Phi) is 5.37. The summed E-state index contributed by atoms with van der Waals surface area (Å²) >= 11 is 0. The summed E-state index contributed by atoms with van der Waals surface area (Å²) in [5, 5.41) is 28.6. The summed E-state index contributed by atoms with van der Waals surface area (Å²) in [6.45, 7) is 5.63. The number of rotatable bonds is 5. The first kappa shape index (κ1) is 13.6. The number of hydrogen-bond donors (Lipinski definition) is 3. The van der Waals surface area contributed by atoms with E-state index in [1.54, 1.807) is 13.0 Å². The predicted molar refractivity (Wildman–Crippen MR) is 57.7 cm³/mol. The molecule has 1 aliphatic heterocycles. The molecule has 1 fully saturated rings. The van der Waals surface area contributed by atoms with Crippen molar-refractivity contribution in [2.45, 2.75) is 50.5 Å². The highest BCUT2D eigenvalue weighted by atomic mass is 16.7. The van der Waals surface area contributed by atoms with Crippen molar-refractivity contribution >= 4 is 0 Å². The summed E-state index contributed by atoms with van der Waals surface area (Å²) < 4.78 is 10.5. The first-order valence-corrected chi connectivity index (χ1v) is 5.50. The van der Waals surface area contributed by atoms with Crippen molar-refractivity contribution in [3.05, 3.63) is 12.7 Å². The third-order valence-corrected chi connectivity index (χ3v) is 2.64. The number of aliphatic hydroxyl groups is 3. The summed E-state index contributed by atoms with van der Waals surface area (Å²) in [6, 6.07) is 0. The molecule has 5 heteroatoms. The quantitative estimate of drug-likeness (QED) is 0.452. The third kappa shape index (κ3) is 3.26. The average Bonchev–Trinajstić information content (AvgIpc) is 2.28. The molecule has 3 N–H and O–H groups in total. The minimum atomic E-state index is -1.23. The molecule has 1 heterocycles. The minimum Gasteiger partial charge on any atom is -0.388 e. The van der Waals surface area contributed by atoms with Crippen LogP contribution in [-0.4, -0.2) is 52.6 Å². The second-order valence-corrected chi connectivity index (χ2v) is 3.98. The summed E-state index contributed by atoms with van der Waals surface area (Å²) in [7, 11) is 0. The molecule has 94 valence electrons. The van der Waals surface area contributed by atoms with Crippen LogP contribution in [0.1, 0.15) is 19.8 Å². The van der Waals surface area contributed by atoms with Gasteiger partial charge in [0.2, 0.25) is 0 Å². The fourth-order valence-electron chi connectivity index (χ4n) is 1.58. The maximum Gasteiger partial charge on any atom is 0.186 e. The van der Waals surface area contributed by atoms with Crippen LogP contribution in [0, 0.1) is 0 Å².